The molecule has 1 aliphatic rings. The first kappa shape index (κ1) is 8.63. The summed E-state index contributed by atoms with van der Waals surface area (Å²) >= 11 is 0. The van der Waals surface area contributed by atoms with Gasteiger partial charge in [0.1, 0.15) is 5.82 Å². The summed E-state index contributed by atoms with van der Waals surface area (Å²) in [5.74, 6) is 1.30. The normalized spacial score (nSPS) is 18.6. The largest absolute Gasteiger partial charge is 0.392 e. The summed E-state index contributed by atoms with van der Waals surface area (Å²) in [6, 6.07) is 1.87. The maximum absolute atomic E-state index is 9.67. The number of aliphatic hydroxyl groups is 1. The van der Waals surface area contributed by atoms with E-state index in [1.54, 1.807) is 6.20 Å². The van der Waals surface area contributed by atoms with E-state index in [1.165, 1.54) is 12.8 Å². The molecule has 1 fully saturated rings. The van der Waals surface area contributed by atoms with E-state index in [2.05, 4.69) is 9.97 Å². The molecule has 3 heteroatoms. The predicted octanol–water partition coefficient (Wildman–Crippen LogP) is 1.10. The predicted molar refractivity (Wildman–Crippen MR) is 49.2 cm³/mol. The average molecular weight is 178 g/mol. The molecule has 1 aromatic heterocycles. The Balaban J connectivity index is 2.00. The molecule has 1 N–H and O–H groups in total. The van der Waals surface area contributed by atoms with Crippen LogP contribution in [0.3, 0.4) is 0 Å². The van der Waals surface area contributed by atoms with Crippen LogP contribution in [0.4, 0.5) is 0 Å². The summed E-state index contributed by atoms with van der Waals surface area (Å²) in [5, 5.41) is 9.67. The third-order valence-corrected chi connectivity index (χ3v) is 2.42. The highest BCUT2D eigenvalue weighted by Crippen LogP contribution is 2.33. The van der Waals surface area contributed by atoms with Gasteiger partial charge in [0.2, 0.25) is 0 Å². The third kappa shape index (κ3) is 2.25. The lowest BCUT2D eigenvalue weighted by Gasteiger charge is -2.07. The number of hydrogen-bond acceptors (Lipinski definition) is 3. The van der Waals surface area contributed by atoms with E-state index >= 15 is 0 Å². The molecule has 1 aromatic rings. The van der Waals surface area contributed by atoms with Crippen molar-refractivity contribution < 1.29 is 5.11 Å². The van der Waals surface area contributed by atoms with Gasteiger partial charge in [-0.3, -0.25) is 0 Å². The van der Waals surface area contributed by atoms with Gasteiger partial charge in [0, 0.05) is 18.3 Å². The molecule has 0 aromatic carbocycles. The number of aromatic nitrogens is 2. The highest BCUT2D eigenvalue weighted by atomic mass is 16.3. The Morgan fingerprint density at radius 1 is 1.62 bits per heavy atom. The van der Waals surface area contributed by atoms with Crippen LogP contribution in [-0.2, 0) is 6.42 Å². The molecule has 0 spiro atoms. The van der Waals surface area contributed by atoms with Gasteiger partial charge >= 0.3 is 0 Å². The molecular formula is C10H14N2O. The molecule has 1 aliphatic carbocycles. The van der Waals surface area contributed by atoms with Crippen LogP contribution in [0.15, 0.2) is 12.3 Å². The fourth-order valence-electron chi connectivity index (χ4n) is 1.48. The van der Waals surface area contributed by atoms with Gasteiger partial charge < -0.3 is 5.11 Å². The summed E-state index contributed by atoms with van der Waals surface area (Å²) in [7, 11) is 0. The number of aliphatic hydroxyl groups excluding tert-OH is 1. The van der Waals surface area contributed by atoms with Gasteiger partial charge in [0.05, 0.1) is 6.10 Å². The van der Waals surface area contributed by atoms with E-state index in [9.17, 15) is 5.11 Å². The van der Waals surface area contributed by atoms with Gasteiger partial charge in [-0.15, -0.1) is 0 Å². The van der Waals surface area contributed by atoms with Crippen molar-refractivity contribution in [3.63, 3.8) is 0 Å². The first-order chi connectivity index (χ1) is 6.25. The molecule has 1 atom stereocenters. The lowest BCUT2D eigenvalue weighted by molar-refractivity contribution is 0.150. The van der Waals surface area contributed by atoms with Crippen LogP contribution in [0.2, 0.25) is 0 Å². The summed E-state index contributed by atoms with van der Waals surface area (Å²) in [6.07, 6.45) is 4.57. The van der Waals surface area contributed by atoms with E-state index in [-0.39, 0.29) is 6.10 Å². The second-order valence-corrected chi connectivity index (χ2v) is 3.70. The van der Waals surface area contributed by atoms with E-state index < -0.39 is 0 Å². The van der Waals surface area contributed by atoms with Crippen LogP contribution < -0.4 is 0 Å². The quantitative estimate of drug-likeness (QED) is 0.753. The number of rotatable bonds is 3. The number of nitrogens with zero attached hydrogens (tertiary/aromatic N) is 2. The van der Waals surface area contributed by atoms with Gasteiger partial charge in [-0.1, -0.05) is 0 Å². The maximum Gasteiger partial charge on any atom is 0.125 e. The molecule has 2 rings (SSSR count). The van der Waals surface area contributed by atoms with E-state index in [0.29, 0.717) is 12.3 Å². The zero-order chi connectivity index (χ0) is 9.26. The van der Waals surface area contributed by atoms with Crippen molar-refractivity contribution in [1.29, 1.82) is 0 Å². The maximum atomic E-state index is 9.67. The van der Waals surface area contributed by atoms with Crippen molar-refractivity contribution in [1.82, 2.24) is 9.97 Å². The summed E-state index contributed by atoms with van der Waals surface area (Å²) in [6.45, 7) is 1.87. The second-order valence-electron chi connectivity index (χ2n) is 3.70. The molecule has 70 valence electrons. The minimum absolute atomic E-state index is 0.200. The van der Waals surface area contributed by atoms with Crippen molar-refractivity contribution in [2.75, 3.05) is 0 Å². The van der Waals surface area contributed by atoms with E-state index in [4.69, 9.17) is 0 Å². The topological polar surface area (TPSA) is 46.0 Å². The second kappa shape index (κ2) is 3.42. The summed E-state index contributed by atoms with van der Waals surface area (Å²) in [4.78, 5) is 8.27. The van der Waals surface area contributed by atoms with Crippen molar-refractivity contribution in [2.45, 2.75) is 32.3 Å². The highest BCUT2D eigenvalue weighted by Gasteiger charge is 2.29. The zero-order valence-electron chi connectivity index (χ0n) is 7.77. The van der Waals surface area contributed by atoms with Gasteiger partial charge in [-0.05, 0) is 31.7 Å². The Hall–Kier alpha value is -0.960. The van der Waals surface area contributed by atoms with Gasteiger partial charge in [0.15, 0.2) is 0 Å². The Kier molecular flexibility index (Phi) is 2.27. The van der Waals surface area contributed by atoms with Crippen molar-refractivity contribution in [3.05, 3.63) is 23.8 Å². The Labute approximate surface area is 77.8 Å². The van der Waals surface area contributed by atoms with Crippen molar-refractivity contribution in [3.8, 4) is 0 Å². The van der Waals surface area contributed by atoms with Crippen molar-refractivity contribution >= 4 is 0 Å². The number of aryl methyl sites for hydroxylation is 1. The molecule has 1 unspecified atom stereocenters. The summed E-state index contributed by atoms with van der Waals surface area (Å²) < 4.78 is 0. The molecule has 1 saturated carbocycles. The Bertz CT molecular complexity index is 297. The van der Waals surface area contributed by atoms with Crippen LogP contribution in [0, 0.1) is 12.8 Å². The van der Waals surface area contributed by atoms with Crippen LogP contribution in [-0.4, -0.2) is 21.2 Å². The Morgan fingerprint density at radius 3 is 3.00 bits per heavy atom. The van der Waals surface area contributed by atoms with Gasteiger partial charge in [-0.2, -0.15) is 0 Å². The lowest BCUT2D eigenvalue weighted by atomic mass is 10.1. The van der Waals surface area contributed by atoms with Crippen LogP contribution in [0.5, 0.6) is 0 Å². The molecule has 0 saturated heterocycles. The molecular weight excluding hydrogens is 164 g/mol. The molecule has 0 aliphatic heterocycles. The number of hydrogen-bond donors (Lipinski definition) is 1. The standard InChI is InChI=1S/C10H14N2O/c1-7-11-5-4-9(12-7)6-10(13)8-2-3-8/h4-5,8,10,13H,2-3,6H2,1H3. The molecule has 3 nitrogen and oxygen atoms in total. The first-order valence-corrected chi connectivity index (χ1v) is 4.72. The van der Waals surface area contributed by atoms with E-state index in [0.717, 1.165) is 11.5 Å². The third-order valence-electron chi connectivity index (χ3n) is 2.42. The lowest BCUT2D eigenvalue weighted by Crippen LogP contribution is -2.14. The molecule has 0 bridgehead atoms. The molecule has 0 radical (unpaired) electrons. The van der Waals surface area contributed by atoms with E-state index in [1.807, 2.05) is 13.0 Å². The van der Waals surface area contributed by atoms with Crippen LogP contribution in [0.25, 0.3) is 0 Å². The fraction of sp³-hybridized carbons (Fsp3) is 0.600. The molecule has 1 heterocycles. The zero-order valence-corrected chi connectivity index (χ0v) is 7.77. The minimum Gasteiger partial charge on any atom is -0.392 e. The first-order valence-electron chi connectivity index (χ1n) is 4.72. The monoisotopic (exact) mass is 178 g/mol. The molecule has 0 amide bonds. The smallest absolute Gasteiger partial charge is 0.125 e. The summed E-state index contributed by atoms with van der Waals surface area (Å²) in [5.41, 5.74) is 0.951. The minimum atomic E-state index is -0.200. The van der Waals surface area contributed by atoms with Crippen molar-refractivity contribution in [2.24, 2.45) is 5.92 Å². The Morgan fingerprint density at radius 2 is 2.38 bits per heavy atom. The van der Waals surface area contributed by atoms with Gasteiger partial charge in [0.25, 0.3) is 0 Å². The average Bonchev–Trinajstić information content (AvgIpc) is 2.85. The van der Waals surface area contributed by atoms with Crippen LogP contribution >= 0.6 is 0 Å². The molecule has 13 heavy (non-hydrogen) atoms. The SMILES string of the molecule is Cc1nccc(CC(O)C2CC2)n1. The van der Waals surface area contributed by atoms with Gasteiger partial charge in [-0.25, -0.2) is 9.97 Å². The van der Waals surface area contributed by atoms with Crippen LogP contribution in [0.1, 0.15) is 24.4 Å². The fourth-order valence-corrected chi connectivity index (χ4v) is 1.48. The highest BCUT2D eigenvalue weighted by molar-refractivity contribution is 5.04.